The van der Waals surface area contributed by atoms with Crippen molar-refractivity contribution in [3.05, 3.63) is 48.0 Å². The average molecular weight is 915 g/mol. The molecule has 1 spiro atoms. The fourth-order valence-corrected chi connectivity index (χ4v) is 17.4. The van der Waals surface area contributed by atoms with Gasteiger partial charge in [-0.05, 0) is 61.0 Å². The van der Waals surface area contributed by atoms with Crippen molar-refractivity contribution < 1.29 is 62.8 Å². The first-order valence-electron chi connectivity index (χ1n) is 23.8. The molecule has 5 heterocycles. The van der Waals surface area contributed by atoms with Crippen LogP contribution >= 0.6 is 0 Å². The van der Waals surface area contributed by atoms with Crippen LogP contribution in [0.15, 0.2) is 42.5 Å². The van der Waals surface area contributed by atoms with Crippen molar-refractivity contribution in [2.75, 3.05) is 13.2 Å². The zero-order valence-electron chi connectivity index (χ0n) is 40.3. The second-order valence-corrected chi connectivity index (χ2v) is 26.4. The first-order valence-corrected chi connectivity index (χ1v) is 25.9. The number of benzene rings is 1. The summed E-state index contributed by atoms with van der Waals surface area (Å²) in [6.45, 7) is 29.7. The van der Waals surface area contributed by atoms with Crippen LogP contribution in [0.1, 0.15) is 126 Å². The highest BCUT2D eigenvalue weighted by Gasteiger charge is 2.63. The molecule has 1 aromatic carbocycles. The second-order valence-electron chi connectivity index (χ2n) is 21.0. The van der Waals surface area contributed by atoms with E-state index >= 15 is 0 Å². The number of aliphatic hydroxyl groups is 4. The molecule has 13 nitrogen and oxygen atoms in total. The van der Waals surface area contributed by atoms with Crippen LogP contribution in [0.3, 0.4) is 0 Å². The van der Waals surface area contributed by atoms with Crippen LogP contribution in [0.2, 0.25) is 16.6 Å². The van der Waals surface area contributed by atoms with E-state index in [4.69, 9.17) is 37.6 Å². The third-order valence-electron chi connectivity index (χ3n) is 15.2. The highest BCUT2D eigenvalue weighted by Crippen LogP contribution is 2.53. The Labute approximate surface area is 383 Å². The van der Waals surface area contributed by atoms with Gasteiger partial charge in [-0.25, -0.2) is 4.79 Å². The SMILES string of the molecule is C=C(C#CC(O)C[C@@H](O)[C@@]1(C)OC(C)(C)O[C@@H]1CCOC(=O)c1ccccc1)C[C@@H]1O[C@@H]2[C@@H](C)[C@H](O[Si](C(C)C)(C(C)C)C(C)C)[C@@H]3O[C@]4(C[C@H](O)CO4)[C@@H](C)[C@H](C)[C@H]3O[C@H]2C[C@H]1O. The lowest BCUT2D eigenvalue weighted by molar-refractivity contribution is -0.337. The van der Waals surface area contributed by atoms with Crippen LogP contribution in [-0.4, -0.2) is 132 Å². The molecule has 1 unspecified atom stereocenters. The van der Waals surface area contributed by atoms with Crippen molar-refractivity contribution >= 4 is 14.3 Å². The number of hydrogen-bond acceptors (Lipinski definition) is 13. The fraction of sp³-hybridized carbons (Fsp3) is 0.780. The predicted octanol–water partition coefficient (Wildman–Crippen LogP) is 6.84. The van der Waals surface area contributed by atoms with Gasteiger partial charge in [0.2, 0.25) is 8.32 Å². The first kappa shape index (κ1) is 51.2. The number of rotatable bonds is 14. The summed E-state index contributed by atoms with van der Waals surface area (Å²) in [4.78, 5) is 12.5. The van der Waals surface area contributed by atoms with Gasteiger partial charge in [0.25, 0.3) is 0 Å². The van der Waals surface area contributed by atoms with Crippen LogP contribution in [0, 0.1) is 29.6 Å². The van der Waals surface area contributed by atoms with Gasteiger partial charge in [-0.3, -0.25) is 0 Å². The minimum absolute atomic E-state index is 0.0125. The fourth-order valence-electron chi connectivity index (χ4n) is 11.7. The van der Waals surface area contributed by atoms with Gasteiger partial charge in [-0.1, -0.05) is 98.9 Å². The van der Waals surface area contributed by atoms with Gasteiger partial charge in [0.05, 0.1) is 73.7 Å². The monoisotopic (exact) mass is 915 g/mol. The van der Waals surface area contributed by atoms with Crippen LogP contribution in [0.4, 0.5) is 0 Å². The summed E-state index contributed by atoms with van der Waals surface area (Å²) in [5.74, 6) is 3.06. The Bertz CT molecular complexity index is 1790. The number of carbonyl (C=O) groups is 1. The molecule has 5 fully saturated rings. The molecular formula is C50H78O13Si. The Hall–Kier alpha value is -2.23. The maximum atomic E-state index is 12.5. The van der Waals surface area contributed by atoms with Crippen molar-refractivity contribution in [3.8, 4) is 11.8 Å². The van der Waals surface area contributed by atoms with E-state index in [1.165, 1.54) is 0 Å². The number of fused-ring (bicyclic) bond motifs is 2. The molecule has 0 aliphatic carbocycles. The summed E-state index contributed by atoms with van der Waals surface area (Å²) in [7, 11) is -2.49. The van der Waals surface area contributed by atoms with Crippen LogP contribution in [0.25, 0.3) is 0 Å². The maximum Gasteiger partial charge on any atom is 0.338 e. The minimum Gasteiger partial charge on any atom is -0.462 e. The van der Waals surface area contributed by atoms with Crippen molar-refractivity contribution in [2.24, 2.45) is 17.8 Å². The standard InChI is InChI=1S/C50H78O13Si/c1-28(2)64(29(3)4,30(5)6)62-45-33(9)43-40(59-44-32(8)34(10)50(61-46(44)45)26-37(52)27-57-50)25-38(53)39(58-43)23-31(7)19-20-36(51)24-41(54)49(13)42(60-48(11,12)63-49)21-22-56-47(55)35-17-15-14-16-18-35/h14-18,28-30,32-34,36-46,51-54H,7,21-27H2,1-6,8-13H3/t32-,33+,34-,36?,37-,38+,39-,40-,41+,42+,43+,44+,45-,46+,49+,50+/m0/s1. The van der Waals surface area contributed by atoms with Gasteiger partial charge in [0, 0.05) is 43.9 Å². The van der Waals surface area contributed by atoms with Crippen LogP contribution in [0.5, 0.6) is 0 Å². The van der Waals surface area contributed by atoms with E-state index in [2.05, 4.69) is 80.7 Å². The van der Waals surface area contributed by atoms with Gasteiger partial charge in [0.15, 0.2) is 11.6 Å². The zero-order chi connectivity index (χ0) is 47.1. The van der Waals surface area contributed by atoms with E-state index in [9.17, 15) is 25.2 Å². The molecule has 5 saturated heterocycles. The van der Waals surface area contributed by atoms with Gasteiger partial charge in [-0.2, -0.15) is 0 Å². The smallest absolute Gasteiger partial charge is 0.338 e. The van der Waals surface area contributed by atoms with E-state index < -0.39 is 92.5 Å². The molecule has 0 amide bonds. The van der Waals surface area contributed by atoms with Crippen molar-refractivity contribution in [1.82, 2.24) is 0 Å². The van der Waals surface area contributed by atoms with Crippen LogP contribution in [-0.2, 0) is 37.6 Å². The number of aliphatic hydroxyl groups excluding tert-OH is 4. The Morgan fingerprint density at radius 3 is 2.19 bits per heavy atom. The summed E-state index contributed by atoms with van der Waals surface area (Å²) in [6.07, 6.45) is -6.35. The molecule has 14 heteroatoms. The third kappa shape index (κ3) is 10.4. The van der Waals surface area contributed by atoms with Gasteiger partial charge >= 0.3 is 5.97 Å². The third-order valence-corrected chi connectivity index (χ3v) is 21.3. The maximum absolute atomic E-state index is 12.5. The average Bonchev–Trinajstić information content (AvgIpc) is 3.69. The summed E-state index contributed by atoms with van der Waals surface area (Å²) in [5.41, 5.74) is 0.592. The molecular weight excluding hydrogens is 837 g/mol. The largest absolute Gasteiger partial charge is 0.462 e. The Kier molecular flexibility index (Phi) is 16.1. The molecule has 1 aromatic rings. The molecule has 0 aromatic heterocycles. The number of hydrogen-bond donors (Lipinski definition) is 4. The minimum atomic E-state index is -2.49. The number of esters is 1. The molecule has 0 saturated carbocycles. The van der Waals surface area contributed by atoms with Gasteiger partial charge in [-0.15, -0.1) is 0 Å². The Morgan fingerprint density at radius 2 is 1.58 bits per heavy atom. The summed E-state index contributed by atoms with van der Waals surface area (Å²) < 4.78 is 52.9. The molecule has 16 atom stereocenters. The van der Waals surface area contributed by atoms with Crippen molar-refractivity contribution in [1.29, 1.82) is 0 Å². The second kappa shape index (κ2) is 20.2. The predicted molar refractivity (Wildman–Crippen MR) is 243 cm³/mol. The van der Waals surface area contributed by atoms with E-state index in [0.717, 1.165) is 0 Å². The molecule has 64 heavy (non-hydrogen) atoms. The normalized spacial score (nSPS) is 38.3. The summed E-state index contributed by atoms with van der Waals surface area (Å²) in [5, 5.41) is 44.9. The first-order chi connectivity index (χ1) is 29.9. The molecule has 6 rings (SSSR count). The Balaban J connectivity index is 1.15. The lowest BCUT2D eigenvalue weighted by Crippen LogP contribution is -2.63. The van der Waals surface area contributed by atoms with E-state index in [1.54, 1.807) is 45.0 Å². The molecule has 4 N–H and O–H groups in total. The summed E-state index contributed by atoms with van der Waals surface area (Å²) in [6, 6.07) is 8.70. The quantitative estimate of drug-likeness (QED) is 0.0870. The topological polar surface area (TPSA) is 172 Å². The van der Waals surface area contributed by atoms with Crippen molar-refractivity contribution in [2.45, 2.75) is 216 Å². The van der Waals surface area contributed by atoms with Crippen LogP contribution < -0.4 is 0 Å². The lowest BCUT2D eigenvalue weighted by atomic mass is 9.76. The van der Waals surface area contributed by atoms with E-state index in [0.29, 0.717) is 40.6 Å². The Morgan fingerprint density at radius 1 is 0.922 bits per heavy atom. The highest BCUT2D eigenvalue weighted by atomic mass is 28.4. The molecule has 0 radical (unpaired) electrons. The zero-order valence-corrected chi connectivity index (χ0v) is 41.3. The number of ether oxygens (including phenoxy) is 7. The lowest BCUT2D eigenvalue weighted by Gasteiger charge is -2.53. The van der Waals surface area contributed by atoms with Gasteiger partial charge in [0.1, 0.15) is 17.8 Å². The van der Waals surface area contributed by atoms with Crippen molar-refractivity contribution in [3.63, 3.8) is 0 Å². The molecule has 5 aliphatic heterocycles. The molecule has 0 bridgehead atoms. The molecule has 5 aliphatic rings. The van der Waals surface area contributed by atoms with E-state index in [1.807, 2.05) is 6.07 Å². The van der Waals surface area contributed by atoms with Gasteiger partial charge < -0.3 is 58.0 Å². The molecule has 360 valence electrons. The number of carbonyl (C=O) groups excluding carboxylic acids is 1. The summed E-state index contributed by atoms with van der Waals surface area (Å²) >= 11 is 0. The highest BCUT2D eigenvalue weighted by molar-refractivity contribution is 6.77. The van der Waals surface area contributed by atoms with E-state index in [-0.39, 0.29) is 56.3 Å².